The summed E-state index contributed by atoms with van der Waals surface area (Å²) in [6, 6.07) is 7.57. The van der Waals surface area contributed by atoms with E-state index >= 15 is 0 Å². The Morgan fingerprint density at radius 2 is 1.93 bits per heavy atom. The highest BCUT2D eigenvalue weighted by Crippen LogP contribution is 2.08. The Morgan fingerprint density at radius 1 is 1.21 bits per heavy atom. The molecule has 1 aromatic heterocycles. The molecule has 7 nitrogen and oxygen atoms in total. The zero-order chi connectivity index (χ0) is 20.5. The molecule has 2 rings (SSSR count). The molecular weight excluding hydrogens is 352 g/mol. The second-order valence-corrected chi connectivity index (χ2v) is 7.33. The first-order valence-electron chi connectivity index (χ1n) is 9.73. The predicted molar refractivity (Wildman–Crippen MR) is 113 cm³/mol. The number of imidazole rings is 1. The fraction of sp³-hybridized carbons (Fsp3) is 0.476. The SMILES string of the molecule is CCNC(=NCc1ccc(C(=O)N(C)C)cc1)NCc1nccn1CC(C)C. The first kappa shape index (κ1) is 21.5. The minimum Gasteiger partial charge on any atom is -0.357 e. The number of nitrogens with zero attached hydrogens (tertiary/aromatic N) is 4. The van der Waals surface area contributed by atoms with Crippen LogP contribution in [0.15, 0.2) is 41.7 Å². The highest BCUT2D eigenvalue weighted by Gasteiger charge is 2.08. The van der Waals surface area contributed by atoms with E-state index in [1.165, 1.54) is 0 Å². The number of carbonyl (C=O) groups excluding carboxylic acids is 1. The zero-order valence-electron chi connectivity index (χ0n) is 17.6. The summed E-state index contributed by atoms with van der Waals surface area (Å²) in [4.78, 5) is 22.6. The first-order valence-corrected chi connectivity index (χ1v) is 9.73. The Morgan fingerprint density at radius 3 is 2.54 bits per heavy atom. The van der Waals surface area contributed by atoms with Crippen LogP contribution in [0.5, 0.6) is 0 Å². The quantitative estimate of drug-likeness (QED) is 0.542. The molecular formula is C21H32N6O. The maximum absolute atomic E-state index is 12.0. The van der Waals surface area contributed by atoms with Gasteiger partial charge in [0.25, 0.3) is 5.91 Å². The number of benzene rings is 1. The van der Waals surface area contributed by atoms with Crippen LogP contribution in [0.2, 0.25) is 0 Å². The van der Waals surface area contributed by atoms with Crippen LogP contribution in [0.4, 0.5) is 0 Å². The van der Waals surface area contributed by atoms with Crippen LogP contribution in [-0.4, -0.2) is 47.0 Å². The minimum atomic E-state index is 0.00181. The largest absolute Gasteiger partial charge is 0.357 e. The predicted octanol–water partition coefficient (Wildman–Crippen LogP) is 2.50. The number of carbonyl (C=O) groups is 1. The molecule has 152 valence electrons. The molecule has 0 aliphatic heterocycles. The molecule has 0 spiro atoms. The van der Waals surface area contributed by atoms with Gasteiger partial charge >= 0.3 is 0 Å². The van der Waals surface area contributed by atoms with Gasteiger partial charge in [0.05, 0.1) is 13.1 Å². The van der Waals surface area contributed by atoms with Crippen LogP contribution in [0.1, 0.15) is 42.5 Å². The Hall–Kier alpha value is -2.83. The second-order valence-electron chi connectivity index (χ2n) is 7.33. The number of aromatic nitrogens is 2. The highest BCUT2D eigenvalue weighted by atomic mass is 16.2. The molecule has 28 heavy (non-hydrogen) atoms. The molecule has 0 aliphatic carbocycles. The normalized spacial score (nSPS) is 11.6. The summed E-state index contributed by atoms with van der Waals surface area (Å²) < 4.78 is 2.17. The van der Waals surface area contributed by atoms with E-state index < -0.39 is 0 Å². The number of guanidine groups is 1. The highest BCUT2D eigenvalue weighted by molar-refractivity contribution is 5.93. The van der Waals surface area contributed by atoms with E-state index in [4.69, 9.17) is 0 Å². The average molecular weight is 385 g/mol. The molecule has 7 heteroatoms. The lowest BCUT2D eigenvalue weighted by Crippen LogP contribution is -2.37. The van der Waals surface area contributed by atoms with E-state index in [0.29, 0.717) is 24.6 Å². The van der Waals surface area contributed by atoms with Crippen LogP contribution in [-0.2, 0) is 19.6 Å². The lowest BCUT2D eigenvalue weighted by Gasteiger charge is -2.14. The van der Waals surface area contributed by atoms with Gasteiger partial charge in [0.2, 0.25) is 0 Å². The summed E-state index contributed by atoms with van der Waals surface area (Å²) in [5, 5.41) is 6.61. The molecule has 0 saturated carbocycles. The molecule has 2 aromatic rings. The molecule has 1 aromatic carbocycles. The molecule has 0 bridgehead atoms. The van der Waals surface area contributed by atoms with E-state index in [1.54, 1.807) is 19.0 Å². The van der Waals surface area contributed by atoms with Crippen LogP contribution in [0.3, 0.4) is 0 Å². The van der Waals surface area contributed by atoms with E-state index in [9.17, 15) is 4.79 Å². The fourth-order valence-electron chi connectivity index (χ4n) is 2.75. The molecule has 0 fully saturated rings. The van der Waals surface area contributed by atoms with Crippen molar-refractivity contribution in [2.75, 3.05) is 20.6 Å². The number of hydrogen-bond donors (Lipinski definition) is 2. The average Bonchev–Trinajstić information content (AvgIpc) is 3.10. The standard InChI is InChI=1S/C21H32N6O/c1-6-22-21(25-14-19-23-11-12-27(19)15-16(2)3)24-13-17-7-9-18(10-8-17)20(28)26(4)5/h7-12,16H,6,13-15H2,1-5H3,(H2,22,24,25). The van der Waals surface area contributed by atoms with Crippen LogP contribution in [0, 0.1) is 5.92 Å². The van der Waals surface area contributed by atoms with Crippen molar-refractivity contribution in [1.29, 1.82) is 0 Å². The van der Waals surface area contributed by atoms with Gasteiger partial charge in [-0.25, -0.2) is 9.98 Å². The fourth-order valence-corrected chi connectivity index (χ4v) is 2.75. The van der Waals surface area contributed by atoms with E-state index in [-0.39, 0.29) is 5.91 Å². The van der Waals surface area contributed by atoms with E-state index in [2.05, 4.69) is 39.0 Å². The molecule has 1 heterocycles. The van der Waals surface area contributed by atoms with Gasteiger partial charge < -0.3 is 20.1 Å². The number of aliphatic imine (C=N–C) groups is 1. The number of hydrogen-bond acceptors (Lipinski definition) is 3. The molecule has 0 unspecified atom stereocenters. The number of amides is 1. The molecule has 0 atom stereocenters. The van der Waals surface area contributed by atoms with Gasteiger partial charge in [0.15, 0.2) is 5.96 Å². The van der Waals surface area contributed by atoms with Gasteiger partial charge in [-0.15, -0.1) is 0 Å². The summed E-state index contributed by atoms with van der Waals surface area (Å²) in [5.41, 5.74) is 1.73. The molecule has 0 saturated heterocycles. The van der Waals surface area contributed by atoms with Crippen LogP contribution >= 0.6 is 0 Å². The Bertz CT molecular complexity index is 776. The van der Waals surface area contributed by atoms with Crippen molar-refractivity contribution in [2.45, 2.75) is 40.4 Å². The van der Waals surface area contributed by atoms with E-state index in [1.807, 2.05) is 43.6 Å². The topological polar surface area (TPSA) is 74.6 Å². The lowest BCUT2D eigenvalue weighted by molar-refractivity contribution is 0.0827. The van der Waals surface area contributed by atoms with Gasteiger partial charge in [-0.2, -0.15) is 0 Å². The van der Waals surface area contributed by atoms with Crippen molar-refractivity contribution >= 4 is 11.9 Å². The lowest BCUT2D eigenvalue weighted by atomic mass is 10.1. The zero-order valence-corrected chi connectivity index (χ0v) is 17.6. The summed E-state index contributed by atoms with van der Waals surface area (Å²) >= 11 is 0. The molecule has 2 N–H and O–H groups in total. The second kappa shape index (κ2) is 10.5. The van der Waals surface area contributed by atoms with Crippen molar-refractivity contribution in [3.05, 3.63) is 53.6 Å². The monoisotopic (exact) mass is 384 g/mol. The Balaban J connectivity index is 1.98. The van der Waals surface area contributed by atoms with Crippen molar-refractivity contribution < 1.29 is 4.79 Å². The van der Waals surface area contributed by atoms with Gasteiger partial charge in [-0.1, -0.05) is 26.0 Å². The first-order chi connectivity index (χ1) is 13.4. The third kappa shape index (κ3) is 6.40. The van der Waals surface area contributed by atoms with Crippen LogP contribution < -0.4 is 10.6 Å². The molecule has 0 radical (unpaired) electrons. The maximum Gasteiger partial charge on any atom is 0.253 e. The van der Waals surface area contributed by atoms with Crippen molar-refractivity contribution in [3.63, 3.8) is 0 Å². The maximum atomic E-state index is 12.0. The van der Waals surface area contributed by atoms with Crippen molar-refractivity contribution in [3.8, 4) is 0 Å². The summed E-state index contributed by atoms with van der Waals surface area (Å²) in [6.45, 7) is 9.30. The summed E-state index contributed by atoms with van der Waals surface area (Å²) in [5.74, 6) is 2.31. The van der Waals surface area contributed by atoms with Gasteiger partial charge in [-0.3, -0.25) is 4.79 Å². The summed E-state index contributed by atoms with van der Waals surface area (Å²) in [6.07, 6.45) is 3.84. The van der Waals surface area contributed by atoms with Gasteiger partial charge in [-0.05, 0) is 30.5 Å². The third-order valence-electron chi connectivity index (χ3n) is 4.15. The molecule has 1 amide bonds. The van der Waals surface area contributed by atoms with Gasteiger partial charge in [0.1, 0.15) is 5.82 Å². The van der Waals surface area contributed by atoms with Crippen molar-refractivity contribution in [2.24, 2.45) is 10.9 Å². The molecule has 0 aliphatic rings. The number of nitrogens with one attached hydrogen (secondary N) is 2. The van der Waals surface area contributed by atoms with Crippen molar-refractivity contribution in [1.82, 2.24) is 25.1 Å². The van der Waals surface area contributed by atoms with Crippen LogP contribution in [0.25, 0.3) is 0 Å². The Kier molecular flexibility index (Phi) is 8.04. The minimum absolute atomic E-state index is 0.00181. The third-order valence-corrected chi connectivity index (χ3v) is 4.15. The Labute approximate surface area is 167 Å². The number of rotatable bonds is 8. The van der Waals surface area contributed by atoms with Gasteiger partial charge in [0, 0.05) is 45.1 Å². The van der Waals surface area contributed by atoms with E-state index in [0.717, 1.165) is 30.4 Å². The summed E-state index contributed by atoms with van der Waals surface area (Å²) in [7, 11) is 3.50. The smallest absolute Gasteiger partial charge is 0.253 e.